The van der Waals surface area contributed by atoms with Crippen LogP contribution in [0.3, 0.4) is 0 Å². The average molecular weight is 346 g/mol. The summed E-state index contributed by atoms with van der Waals surface area (Å²) < 4.78 is 0. The summed E-state index contributed by atoms with van der Waals surface area (Å²) in [5.74, 6) is -1.58. The number of carbonyl (C=O) groups excluding carboxylic acids is 4. The van der Waals surface area contributed by atoms with Crippen LogP contribution >= 0.6 is 11.8 Å². The normalized spacial score (nSPS) is 21.9. The first-order valence-corrected chi connectivity index (χ1v) is 8.19. The van der Waals surface area contributed by atoms with Crippen LogP contribution in [0.25, 0.3) is 0 Å². The molecule has 2 aliphatic rings. The molecule has 2 amide bonds. The molecule has 0 radical (unpaired) electrons. The summed E-state index contributed by atoms with van der Waals surface area (Å²) in [6.45, 7) is 0. The Morgan fingerprint density at radius 1 is 1.33 bits per heavy atom. The minimum Gasteiger partial charge on any atom is -0.338 e. The molecule has 0 saturated carbocycles. The molecule has 0 spiro atoms. The molecule has 1 aromatic carbocycles. The van der Waals surface area contributed by atoms with Crippen LogP contribution in [0.1, 0.15) is 12.0 Å². The van der Waals surface area contributed by atoms with Crippen molar-refractivity contribution in [1.29, 1.82) is 0 Å². The number of nitrogens with one attached hydrogen (secondary N) is 1. The number of hydrogen-bond acceptors (Lipinski definition) is 6. The summed E-state index contributed by atoms with van der Waals surface area (Å²) in [6, 6.07) is 7.87. The number of aldehydes is 1. The Morgan fingerprint density at radius 2 is 2.08 bits per heavy atom. The minimum absolute atomic E-state index is 0.0519. The maximum absolute atomic E-state index is 12.2. The topological polar surface area (TPSA) is 92.8 Å². The van der Waals surface area contributed by atoms with Crippen molar-refractivity contribution in [2.75, 3.05) is 0 Å². The van der Waals surface area contributed by atoms with E-state index in [-0.39, 0.29) is 23.3 Å². The molecule has 0 aromatic heterocycles. The van der Waals surface area contributed by atoms with Gasteiger partial charge in [0.05, 0.1) is 18.2 Å². The Bertz CT molecular complexity index is 718. The van der Waals surface area contributed by atoms with Gasteiger partial charge in [0.1, 0.15) is 6.29 Å². The summed E-state index contributed by atoms with van der Waals surface area (Å²) in [7, 11) is 0. The zero-order valence-corrected chi connectivity index (χ0v) is 13.3. The molecule has 24 heavy (non-hydrogen) atoms. The molecule has 2 atom stereocenters. The first-order chi connectivity index (χ1) is 11.6. The van der Waals surface area contributed by atoms with E-state index in [0.717, 1.165) is 5.56 Å². The predicted octanol–water partition coefficient (Wildman–Crippen LogP) is 0.560. The van der Waals surface area contributed by atoms with Crippen molar-refractivity contribution >= 4 is 35.8 Å². The third-order valence-corrected chi connectivity index (χ3v) is 4.85. The van der Waals surface area contributed by atoms with E-state index in [9.17, 15) is 19.2 Å². The Hall–Kier alpha value is -2.61. The fourth-order valence-corrected chi connectivity index (χ4v) is 3.64. The van der Waals surface area contributed by atoms with E-state index in [1.54, 1.807) is 29.7 Å². The monoisotopic (exact) mass is 346 g/mol. The van der Waals surface area contributed by atoms with E-state index < -0.39 is 17.9 Å². The summed E-state index contributed by atoms with van der Waals surface area (Å²) in [5.41, 5.74) is 2.99. The second-order valence-corrected chi connectivity index (χ2v) is 6.39. The lowest BCUT2D eigenvalue weighted by Gasteiger charge is -2.45. The highest BCUT2D eigenvalue weighted by molar-refractivity contribution is 8.02. The Kier molecular flexibility index (Phi) is 4.66. The van der Waals surface area contributed by atoms with Crippen LogP contribution in [-0.4, -0.2) is 40.4 Å². The average Bonchev–Trinajstić information content (AvgIpc) is 2.59. The van der Waals surface area contributed by atoms with Crippen molar-refractivity contribution in [3.05, 3.63) is 46.9 Å². The molecule has 1 fully saturated rings. The zero-order valence-electron chi connectivity index (χ0n) is 12.5. The number of rotatable bonds is 4. The highest BCUT2D eigenvalue weighted by Gasteiger charge is 2.48. The van der Waals surface area contributed by atoms with Crippen LogP contribution in [-0.2, 0) is 30.4 Å². The van der Waals surface area contributed by atoms with Gasteiger partial charge in [-0.2, -0.15) is 5.48 Å². The van der Waals surface area contributed by atoms with Crippen LogP contribution in [0.15, 0.2) is 41.3 Å². The van der Waals surface area contributed by atoms with Gasteiger partial charge in [0.2, 0.25) is 5.91 Å². The van der Waals surface area contributed by atoms with E-state index in [2.05, 4.69) is 5.48 Å². The second kappa shape index (κ2) is 6.88. The number of carbonyl (C=O) groups is 4. The summed E-state index contributed by atoms with van der Waals surface area (Å²) in [4.78, 5) is 53.0. The van der Waals surface area contributed by atoms with E-state index >= 15 is 0 Å². The van der Waals surface area contributed by atoms with Crippen molar-refractivity contribution in [1.82, 2.24) is 10.4 Å². The molecule has 1 saturated heterocycles. The molecule has 1 aromatic rings. The lowest BCUT2D eigenvalue weighted by molar-refractivity contribution is -0.168. The predicted molar refractivity (Wildman–Crippen MR) is 85.2 cm³/mol. The van der Waals surface area contributed by atoms with E-state index in [1.807, 2.05) is 6.07 Å². The highest BCUT2D eigenvalue weighted by atomic mass is 32.2. The SMILES string of the molecule is O=CC1=CS[C@H]2CC(=O)N2C1C(=O)ONC(=O)Cc1ccccc1. The van der Waals surface area contributed by atoms with E-state index in [1.165, 1.54) is 16.7 Å². The van der Waals surface area contributed by atoms with Crippen LogP contribution in [0.2, 0.25) is 0 Å². The van der Waals surface area contributed by atoms with Gasteiger partial charge in [0.15, 0.2) is 6.04 Å². The molecule has 3 rings (SSSR count). The number of hydroxylamine groups is 1. The molecule has 0 aliphatic carbocycles. The number of benzene rings is 1. The summed E-state index contributed by atoms with van der Waals surface area (Å²) in [5, 5.41) is 1.39. The summed E-state index contributed by atoms with van der Waals surface area (Å²) in [6.07, 6.45) is 0.889. The van der Waals surface area contributed by atoms with Gasteiger partial charge < -0.3 is 9.74 Å². The van der Waals surface area contributed by atoms with Gasteiger partial charge in [0.25, 0.3) is 5.91 Å². The van der Waals surface area contributed by atoms with Gasteiger partial charge in [-0.3, -0.25) is 14.4 Å². The Labute approximate surface area is 142 Å². The molecule has 2 aliphatic heterocycles. The highest BCUT2D eigenvalue weighted by Crippen LogP contribution is 2.39. The molecule has 8 heteroatoms. The smallest absolute Gasteiger partial charge is 0.338 e. The number of amides is 2. The quantitative estimate of drug-likeness (QED) is 0.486. The fourth-order valence-electron chi connectivity index (χ4n) is 2.53. The number of thioether (sulfide) groups is 1. The van der Waals surface area contributed by atoms with Crippen LogP contribution in [0.4, 0.5) is 0 Å². The zero-order chi connectivity index (χ0) is 17.1. The lowest BCUT2D eigenvalue weighted by Crippen LogP contribution is -2.61. The maximum atomic E-state index is 12.2. The number of β-lactam (4-membered cyclic amide) rings is 1. The van der Waals surface area contributed by atoms with E-state index in [0.29, 0.717) is 12.7 Å². The van der Waals surface area contributed by atoms with Gasteiger partial charge in [-0.15, -0.1) is 11.8 Å². The first-order valence-electron chi connectivity index (χ1n) is 7.25. The third kappa shape index (κ3) is 3.18. The van der Waals surface area contributed by atoms with Gasteiger partial charge >= 0.3 is 5.97 Å². The first kappa shape index (κ1) is 16.3. The lowest BCUT2D eigenvalue weighted by atomic mass is 10.0. The molecular weight excluding hydrogens is 332 g/mol. The molecule has 7 nitrogen and oxygen atoms in total. The molecule has 1 unspecified atom stereocenters. The second-order valence-electron chi connectivity index (χ2n) is 5.34. The third-order valence-electron chi connectivity index (χ3n) is 3.73. The maximum Gasteiger partial charge on any atom is 0.359 e. The standard InChI is InChI=1S/C16H14N2O5S/c19-8-11-9-24-14-7-13(21)18(14)15(11)16(22)23-17-12(20)6-10-4-2-1-3-5-10/h1-5,8-9,14-15H,6-7H2,(H,17,20)/t14-,15?/m0/s1. The minimum atomic E-state index is -1.10. The van der Waals surface area contributed by atoms with Crippen molar-refractivity contribution < 1.29 is 24.0 Å². The fraction of sp³-hybridized carbons (Fsp3) is 0.250. The van der Waals surface area contributed by atoms with E-state index in [4.69, 9.17) is 4.84 Å². The van der Waals surface area contributed by atoms with Crippen molar-refractivity contribution in [3.8, 4) is 0 Å². The van der Waals surface area contributed by atoms with Crippen LogP contribution in [0.5, 0.6) is 0 Å². The van der Waals surface area contributed by atoms with Crippen molar-refractivity contribution in [2.24, 2.45) is 0 Å². The van der Waals surface area contributed by atoms with Crippen LogP contribution < -0.4 is 5.48 Å². The van der Waals surface area contributed by atoms with Crippen molar-refractivity contribution in [3.63, 3.8) is 0 Å². The molecule has 0 bridgehead atoms. The Balaban J connectivity index is 1.60. The van der Waals surface area contributed by atoms with Gasteiger partial charge in [-0.25, -0.2) is 4.79 Å². The number of nitrogens with zero attached hydrogens (tertiary/aromatic N) is 1. The molecule has 2 heterocycles. The van der Waals surface area contributed by atoms with Gasteiger partial charge in [0, 0.05) is 5.57 Å². The number of hydrogen-bond donors (Lipinski definition) is 1. The van der Waals surface area contributed by atoms with Gasteiger partial charge in [-0.1, -0.05) is 30.3 Å². The van der Waals surface area contributed by atoms with Gasteiger partial charge in [-0.05, 0) is 11.0 Å². The van der Waals surface area contributed by atoms with Crippen LogP contribution in [0, 0.1) is 0 Å². The molecule has 1 N–H and O–H groups in total. The van der Waals surface area contributed by atoms with Crippen molar-refractivity contribution in [2.45, 2.75) is 24.3 Å². The summed E-state index contributed by atoms with van der Waals surface area (Å²) >= 11 is 1.31. The molecular formula is C16H14N2O5S. The molecule has 124 valence electrons. The largest absolute Gasteiger partial charge is 0.359 e. The number of fused-ring (bicyclic) bond motifs is 1. The Morgan fingerprint density at radius 3 is 2.75 bits per heavy atom.